The van der Waals surface area contributed by atoms with Gasteiger partial charge >= 0.3 is 0 Å². The van der Waals surface area contributed by atoms with E-state index in [2.05, 4.69) is 10.3 Å². The number of carbonyl (C=O) groups excluding carboxylic acids is 1. The van der Waals surface area contributed by atoms with Crippen molar-refractivity contribution >= 4 is 28.2 Å². The summed E-state index contributed by atoms with van der Waals surface area (Å²) in [5, 5.41) is 3.75. The highest BCUT2D eigenvalue weighted by Crippen LogP contribution is 2.28. The van der Waals surface area contributed by atoms with E-state index in [1.165, 1.54) is 11.3 Å². The maximum absolute atomic E-state index is 12.2. The summed E-state index contributed by atoms with van der Waals surface area (Å²) in [4.78, 5) is 18.7. The zero-order valence-electron chi connectivity index (χ0n) is 11.5. The number of nitrogens with one attached hydrogen (secondary N) is 1. The second-order valence-electron chi connectivity index (χ2n) is 4.95. The molecule has 1 aromatic rings. The molecule has 1 amide bonds. The van der Waals surface area contributed by atoms with Gasteiger partial charge in [-0.05, 0) is 19.3 Å². The van der Waals surface area contributed by atoms with Crippen LogP contribution in [0, 0.1) is 0 Å². The molecule has 0 radical (unpaired) electrons. The first-order valence-electron chi connectivity index (χ1n) is 6.28. The number of carbonyl (C=O) groups is 1. The lowest BCUT2D eigenvalue weighted by Crippen LogP contribution is -2.33. The van der Waals surface area contributed by atoms with Crippen LogP contribution in [0.15, 0.2) is 0 Å². The number of amides is 1. The Morgan fingerprint density at radius 3 is 2.79 bits per heavy atom. The summed E-state index contributed by atoms with van der Waals surface area (Å²) in [6.07, 6.45) is 3.05. The minimum Gasteiger partial charge on any atom is -0.382 e. The van der Waals surface area contributed by atoms with Crippen molar-refractivity contribution in [1.82, 2.24) is 10.3 Å². The van der Waals surface area contributed by atoms with E-state index in [4.69, 9.17) is 10.5 Å². The molecule has 7 heteroatoms. The molecule has 6 nitrogen and oxygen atoms in total. The fraction of sp³-hybridized carbons (Fsp3) is 0.667. The molecule has 2 unspecified atom stereocenters. The molecule has 3 N–H and O–H groups in total. The molecule has 1 aliphatic rings. The molecular formula is C12H20N4O2S. The van der Waals surface area contributed by atoms with Gasteiger partial charge in [-0.25, -0.2) is 4.98 Å². The van der Waals surface area contributed by atoms with Gasteiger partial charge in [0.1, 0.15) is 10.7 Å². The van der Waals surface area contributed by atoms with Gasteiger partial charge < -0.3 is 20.7 Å². The summed E-state index contributed by atoms with van der Waals surface area (Å²) in [6.45, 7) is 0. The number of hydrogen-bond acceptors (Lipinski definition) is 6. The zero-order chi connectivity index (χ0) is 14.0. The Kier molecular flexibility index (Phi) is 4.26. The van der Waals surface area contributed by atoms with Crippen LogP contribution in [0.4, 0.5) is 10.9 Å². The Hall–Kier alpha value is -1.34. The van der Waals surface area contributed by atoms with Crippen LogP contribution < -0.4 is 16.0 Å². The molecular weight excluding hydrogens is 264 g/mol. The van der Waals surface area contributed by atoms with Crippen molar-refractivity contribution in [3.05, 3.63) is 4.88 Å². The van der Waals surface area contributed by atoms with E-state index in [0.717, 1.165) is 24.4 Å². The predicted molar refractivity (Wildman–Crippen MR) is 76.8 cm³/mol. The van der Waals surface area contributed by atoms with E-state index in [-0.39, 0.29) is 18.1 Å². The van der Waals surface area contributed by atoms with Gasteiger partial charge in [-0.1, -0.05) is 11.3 Å². The van der Waals surface area contributed by atoms with Crippen LogP contribution in [-0.2, 0) is 4.74 Å². The summed E-state index contributed by atoms with van der Waals surface area (Å²) < 4.78 is 5.30. The van der Waals surface area contributed by atoms with E-state index in [1.54, 1.807) is 7.11 Å². The highest BCUT2D eigenvalue weighted by Gasteiger charge is 2.27. The molecule has 1 saturated carbocycles. The van der Waals surface area contributed by atoms with Crippen LogP contribution in [0.2, 0.25) is 0 Å². The summed E-state index contributed by atoms with van der Waals surface area (Å²) in [5.41, 5.74) is 5.79. The molecule has 0 saturated heterocycles. The molecule has 1 aromatic heterocycles. The lowest BCUT2D eigenvalue weighted by molar-refractivity contribution is 0.0919. The first kappa shape index (κ1) is 14.1. The molecule has 0 spiro atoms. The van der Waals surface area contributed by atoms with Gasteiger partial charge in [0.15, 0.2) is 5.13 Å². The zero-order valence-corrected chi connectivity index (χ0v) is 12.3. The third-order valence-electron chi connectivity index (χ3n) is 3.28. The largest absolute Gasteiger partial charge is 0.382 e. The van der Waals surface area contributed by atoms with Gasteiger partial charge in [-0.15, -0.1) is 0 Å². The number of hydrogen-bond donors (Lipinski definition) is 2. The number of nitrogen functional groups attached to an aromatic ring is 1. The van der Waals surface area contributed by atoms with Gasteiger partial charge in [0.25, 0.3) is 5.91 Å². The van der Waals surface area contributed by atoms with Crippen molar-refractivity contribution in [2.24, 2.45) is 0 Å². The lowest BCUT2D eigenvalue weighted by atomic mass is 10.2. The number of methoxy groups -OCH3 is 1. The fourth-order valence-electron chi connectivity index (χ4n) is 2.21. The highest BCUT2D eigenvalue weighted by atomic mass is 32.1. The minimum atomic E-state index is -0.134. The van der Waals surface area contributed by atoms with Crippen LogP contribution in [0.25, 0.3) is 0 Å². The normalized spacial score (nSPS) is 22.5. The Balaban J connectivity index is 2.00. The predicted octanol–water partition coefficient (Wildman–Crippen LogP) is 1.09. The van der Waals surface area contributed by atoms with Crippen LogP contribution in [-0.4, -0.2) is 44.2 Å². The molecule has 0 aromatic carbocycles. The van der Waals surface area contributed by atoms with E-state index >= 15 is 0 Å². The Bertz CT molecular complexity index is 461. The Morgan fingerprint density at radius 2 is 2.26 bits per heavy atom. The molecule has 106 valence electrons. The number of nitrogens with zero attached hydrogens (tertiary/aromatic N) is 2. The summed E-state index contributed by atoms with van der Waals surface area (Å²) >= 11 is 1.31. The van der Waals surface area contributed by atoms with E-state index in [9.17, 15) is 4.79 Å². The van der Waals surface area contributed by atoms with Crippen molar-refractivity contribution in [3.63, 3.8) is 0 Å². The number of nitrogens with two attached hydrogens (primary N) is 1. The standard InChI is InChI=1S/C12H20N4O2S/c1-16(2)12-15-10(13)9(19-12)11(17)14-7-4-5-8(6-7)18-3/h7-8H,4-6,13H2,1-3H3,(H,14,17). The summed E-state index contributed by atoms with van der Waals surface area (Å²) in [7, 11) is 5.46. The highest BCUT2D eigenvalue weighted by molar-refractivity contribution is 7.18. The third kappa shape index (κ3) is 3.16. The van der Waals surface area contributed by atoms with Crippen molar-refractivity contribution in [1.29, 1.82) is 0 Å². The third-order valence-corrected chi connectivity index (χ3v) is 4.52. The molecule has 1 aliphatic carbocycles. The smallest absolute Gasteiger partial charge is 0.265 e. The molecule has 19 heavy (non-hydrogen) atoms. The Morgan fingerprint density at radius 1 is 1.53 bits per heavy atom. The summed E-state index contributed by atoms with van der Waals surface area (Å²) in [5.74, 6) is 0.164. The van der Waals surface area contributed by atoms with Gasteiger partial charge in [-0.3, -0.25) is 4.79 Å². The number of thiazole rings is 1. The van der Waals surface area contributed by atoms with Crippen LogP contribution >= 0.6 is 11.3 Å². The fourth-order valence-corrected chi connectivity index (χ4v) is 3.02. The van der Waals surface area contributed by atoms with Crippen molar-refractivity contribution in [2.75, 3.05) is 31.8 Å². The number of ether oxygens (including phenoxy) is 1. The topological polar surface area (TPSA) is 80.5 Å². The Labute approximate surface area is 116 Å². The van der Waals surface area contributed by atoms with Crippen LogP contribution in [0.3, 0.4) is 0 Å². The number of anilines is 2. The molecule has 2 rings (SSSR count). The number of aromatic nitrogens is 1. The van der Waals surface area contributed by atoms with Gasteiger partial charge in [-0.2, -0.15) is 0 Å². The molecule has 0 aliphatic heterocycles. The first-order valence-corrected chi connectivity index (χ1v) is 7.10. The number of rotatable bonds is 4. The van der Waals surface area contributed by atoms with E-state index < -0.39 is 0 Å². The molecule has 0 bridgehead atoms. The second-order valence-corrected chi connectivity index (χ2v) is 5.92. The van der Waals surface area contributed by atoms with E-state index in [1.807, 2.05) is 19.0 Å². The van der Waals surface area contributed by atoms with Gasteiger partial charge in [0.2, 0.25) is 0 Å². The quantitative estimate of drug-likeness (QED) is 0.865. The average molecular weight is 284 g/mol. The molecule has 1 heterocycles. The lowest BCUT2D eigenvalue weighted by Gasteiger charge is -2.12. The minimum absolute atomic E-state index is 0.134. The van der Waals surface area contributed by atoms with Crippen LogP contribution in [0.1, 0.15) is 28.9 Å². The molecule has 2 atom stereocenters. The SMILES string of the molecule is COC1CCC(NC(=O)c2sc(N(C)C)nc2N)C1. The maximum atomic E-state index is 12.2. The monoisotopic (exact) mass is 284 g/mol. The van der Waals surface area contributed by atoms with Crippen LogP contribution in [0.5, 0.6) is 0 Å². The second kappa shape index (κ2) is 5.75. The van der Waals surface area contributed by atoms with Crippen molar-refractivity contribution in [2.45, 2.75) is 31.4 Å². The van der Waals surface area contributed by atoms with Gasteiger partial charge in [0.05, 0.1) is 6.10 Å². The summed E-state index contributed by atoms with van der Waals surface area (Å²) in [6, 6.07) is 0.168. The maximum Gasteiger partial charge on any atom is 0.265 e. The van der Waals surface area contributed by atoms with Gasteiger partial charge in [0, 0.05) is 27.2 Å². The van der Waals surface area contributed by atoms with Crippen molar-refractivity contribution < 1.29 is 9.53 Å². The van der Waals surface area contributed by atoms with Crippen molar-refractivity contribution in [3.8, 4) is 0 Å². The van der Waals surface area contributed by atoms with E-state index in [0.29, 0.717) is 10.7 Å². The average Bonchev–Trinajstić information content (AvgIpc) is 2.95. The first-order chi connectivity index (χ1) is 9.01. The molecule has 1 fully saturated rings.